The Morgan fingerprint density at radius 2 is 2.00 bits per heavy atom. The first kappa shape index (κ1) is 25.0. The number of phenols is 1. The van der Waals surface area contributed by atoms with Crippen LogP contribution in [0, 0.1) is 0 Å². The number of hydrogen-bond donors (Lipinski definition) is 3. The maximum absolute atomic E-state index is 10.3. The van der Waals surface area contributed by atoms with Crippen LogP contribution < -0.4 is 10.6 Å². The molecule has 0 aliphatic heterocycles. The standard InChI is InChI=1S/C21H36N4O2.HI/c1-4-22-21(23-12-14-25(2)13-7-15-27-3)24-16-19-18-9-6-5-8-17(18)10-11-20(19)26;/h10-11,26H,4-9,12-16H2,1-3H3,(H2,22,23,24);1H. The van der Waals surface area contributed by atoms with Gasteiger partial charge in [0.1, 0.15) is 5.75 Å². The second kappa shape index (κ2) is 14.0. The van der Waals surface area contributed by atoms with Crippen molar-refractivity contribution >= 4 is 29.9 Å². The maximum Gasteiger partial charge on any atom is 0.191 e. The number of phenolic OH excluding ortho intramolecular Hbond substituents is 1. The van der Waals surface area contributed by atoms with Crippen molar-refractivity contribution in [2.45, 2.75) is 45.6 Å². The first-order chi connectivity index (χ1) is 13.2. The highest BCUT2D eigenvalue weighted by atomic mass is 127. The fourth-order valence-corrected chi connectivity index (χ4v) is 3.52. The molecule has 0 spiro atoms. The molecule has 0 saturated heterocycles. The second-order valence-electron chi connectivity index (χ2n) is 7.18. The molecule has 160 valence electrons. The number of benzene rings is 1. The van der Waals surface area contributed by atoms with Crippen molar-refractivity contribution in [3.8, 4) is 5.75 Å². The Morgan fingerprint density at radius 1 is 1.21 bits per heavy atom. The average Bonchev–Trinajstić information content (AvgIpc) is 2.67. The van der Waals surface area contributed by atoms with Crippen LogP contribution in [0.4, 0.5) is 0 Å². The van der Waals surface area contributed by atoms with E-state index in [9.17, 15) is 5.11 Å². The summed E-state index contributed by atoms with van der Waals surface area (Å²) in [6.07, 6.45) is 5.63. The van der Waals surface area contributed by atoms with Gasteiger partial charge in [-0.2, -0.15) is 0 Å². The Hall–Kier alpha value is -1.06. The third-order valence-electron chi connectivity index (χ3n) is 5.04. The van der Waals surface area contributed by atoms with Gasteiger partial charge in [-0.05, 0) is 63.3 Å². The zero-order valence-electron chi connectivity index (χ0n) is 17.6. The zero-order valence-corrected chi connectivity index (χ0v) is 19.9. The highest BCUT2D eigenvalue weighted by molar-refractivity contribution is 14.0. The number of rotatable bonds is 10. The number of ether oxygens (including phenoxy) is 1. The first-order valence-corrected chi connectivity index (χ1v) is 10.2. The van der Waals surface area contributed by atoms with E-state index >= 15 is 0 Å². The topological polar surface area (TPSA) is 69.1 Å². The number of aryl methyl sites for hydroxylation is 1. The number of halogens is 1. The number of aliphatic imine (C=N–C) groups is 1. The Labute approximate surface area is 187 Å². The summed E-state index contributed by atoms with van der Waals surface area (Å²) in [7, 11) is 3.86. The molecule has 7 heteroatoms. The SMILES string of the molecule is CCNC(=NCc1c(O)ccc2c1CCCC2)NCCN(C)CCCOC.I. The molecule has 6 nitrogen and oxygen atoms in total. The lowest BCUT2D eigenvalue weighted by molar-refractivity contribution is 0.180. The van der Waals surface area contributed by atoms with Crippen LogP contribution in [-0.4, -0.2) is 62.9 Å². The molecule has 1 aliphatic rings. The number of guanidine groups is 1. The molecule has 0 atom stereocenters. The van der Waals surface area contributed by atoms with Crippen molar-refractivity contribution in [1.29, 1.82) is 0 Å². The van der Waals surface area contributed by atoms with Gasteiger partial charge in [0.05, 0.1) is 6.54 Å². The number of nitrogens with one attached hydrogen (secondary N) is 2. The van der Waals surface area contributed by atoms with E-state index in [1.807, 2.05) is 6.07 Å². The molecular weight excluding hydrogens is 467 g/mol. The lowest BCUT2D eigenvalue weighted by atomic mass is 9.88. The van der Waals surface area contributed by atoms with Gasteiger partial charge in [0, 0.05) is 45.5 Å². The summed E-state index contributed by atoms with van der Waals surface area (Å²) in [5.41, 5.74) is 3.67. The van der Waals surface area contributed by atoms with E-state index in [2.05, 4.69) is 35.6 Å². The van der Waals surface area contributed by atoms with Crippen molar-refractivity contribution in [3.63, 3.8) is 0 Å². The van der Waals surface area contributed by atoms with E-state index in [0.29, 0.717) is 12.3 Å². The van der Waals surface area contributed by atoms with Crippen LogP contribution in [0.3, 0.4) is 0 Å². The normalized spacial score (nSPS) is 13.8. The van der Waals surface area contributed by atoms with E-state index < -0.39 is 0 Å². The van der Waals surface area contributed by atoms with E-state index in [0.717, 1.165) is 63.6 Å². The number of fused-ring (bicyclic) bond motifs is 1. The third kappa shape index (κ3) is 8.13. The number of likely N-dealkylation sites (N-methyl/N-ethyl adjacent to an activating group) is 1. The molecule has 1 aromatic carbocycles. The quantitative estimate of drug-likeness (QED) is 0.198. The van der Waals surface area contributed by atoms with Gasteiger partial charge in [-0.1, -0.05) is 6.07 Å². The molecule has 0 aromatic heterocycles. The van der Waals surface area contributed by atoms with Gasteiger partial charge in [-0.3, -0.25) is 0 Å². The predicted octanol–water partition coefficient (Wildman–Crippen LogP) is 2.91. The number of hydrogen-bond acceptors (Lipinski definition) is 4. The molecule has 1 aliphatic carbocycles. The molecule has 2 rings (SSSR count). The molecule has 0 bridgehead atoms. The van der Waals surface area contributed by atoms with Gasteiger partial charge in [0.2, 0.25) is 0 Å². The summed E-state index contributed by atoms with van der Waals surface area (Å²) in [4.78, 5) is 7.01. The summed E-state index contributed by atoms with van der Waals surface area (Å²) in [6.45, 7) is 6.98. The van der Waals surface area contributed by atoms with Gasteiger partial charge < -0.3 is 25.4 Å². The highest BCUT2D eigenvalue weighted by Gasteiger charge is 2.16. The van der Waals surface area contributed by atoms with Crippen LogP contribution in [0.2, 0.25) is 0 Å². The monoisotopic (exact) mass is 504 g/mol. The highest BCUT2D eigenvalue weighted by Crippen LogP contribution is 2.30. The van der Waals surface area contributed by atoms with Crippen molar-refractivity contribution in [1.82, 2.24) is 15.5 Å². The molecule has 0 fully saturated rings. The van der Waals surface area contributed by atoms with Crippen LogP contribution in [0.25, 0.3) is 0 Å². The summed E-state index contributed by atoms with van der Waals surface area (Å²) in [5.74, 6) is 1.17. The van der Waals surface area contributed by atoms with Gasteiger partial charge >= 0.3 is 0 Å². The van der Waals surface area contributed by atoms with Crippen LogP contribution >= 0.6 is 24.0 Å². The minimum atomic E-state index is 0. The summed E-state index contributed by atoms with van der Waals surface area (Å²) < 4.78 is 5.10. The van der Waals surface area contributed by atoms with Crippen molar-refractivity contribution < 1.29 is 9.84 Å². The number of nitrogens with zero attached hydrogens (tertiary/aromatic N) is 2. The molecular formula is C21H37IN4O2. The number of methoxy groups -OCH3 is 1. The van der Waals surface area contributed by atoms with Crippen molar-refractivity contribution in [2.75, 3.05) is 46.9 Å². The van der Waals surface area contributed by atoms with Gasteiger partial charge in [-0.25, -0.2) is 4.99 Å². The maximum atomic E-state index is 10.3. The van der Waals surface area contributed by atoms with Gasteiger partial charge in [0.25, 0.3) is 0 Å². The van der Waals surface area contributed by atoms with E-state index in [1.54, 1.807) is 7.11 Å². The summed E-state index contributed by atoms with van der Waals surface area (Å²) in [5, 5.41) is 17.0. The lowest BCUT2D eigenvalue weighted by Crippen LogP contribution is -2.41. The van der Waals surface area contributed by atoms with E-state index in [1.165, 1.54) is 24.0 Å². The molecule has 0 radical (unpaired) electrons. The molecule has 3 N–H and O–H groups in total. The largest absolute Gasteiger partial charge is 0.508 e. The summed E-state index contributed by atoms with van der Waals surface area (Å²) >= 11 is 0. The van der Waals surface area contributed by atoms with Crippen LogP contribution in [0.5, 0.6) is 5.75 Å². The smallest absolute Gasteiger partial charge is 0.191 e. The second-order valence-corrected chi connectivity index (χ2v) is 7.18. The Balaban J connectivity index is 0.00000392. The Bertz CT molecular complexity index is 610. The molecule has 0 heterocycles. The van der Waals surface area contributed by atoms with Gasteiger partial charge in [0.15, 0.2) is 5.96 Å². The van der Waals surface area contributed by atoms with E-state index in [4.69, 9.17) is 9.73 Å². The molecule has 0 unspecified atom stereocenters. The number of aromatic hydroxyl groups is 1. The van der Waals surface area contributed by atoms with Crippen LogP contribution in [0.1, 0.15) is 42.9 Å². The zero-order chi connectivity index (χ0) is 19.5. The Kier molecular flexibility index (Phi) is 12.5. The first-order valence-electron chi connectivity index (χ1n) is 10.2. The molecule has 0 amide bonds. The third-order valence-corrected chi connectivity index (χ3v) is 5.04. The van der Waals surface area contributed by atoms with Crippen molar-refractivity contribution in [2.24, 2.45) is 4.99 Å². The van der Waals surface area contributed by atoms with Crippen LogP contribution in [0.15, 0.2) is 17.1 Å². The Morgan fingerprint density at radius 3 is 2.75 bits per heavy atom. The minimum Gasteiger partial charge on any atom is -0.508 e. The predicted molar refractivity (Wildman–Crippen MR) is 127 cm³/mol. The average molecular weight is 504 g/mol. The lowest BCUT2D eigenvalue weighted by Gasteiger charge is -2.20. The fraction of sp³-hybridized carbons (Fsp3) is 0.667. The molecule has 28 heavy (non-hydrogen) atoms. The van der Waals surface area contributed by atoms with E-state index in [-0.39, 0.29) is 24.0 Å². The molecule has 1 aromatic rings. The van der Waals surface area contributed by atoms with Crippen molar-refractivity contribution in [3.05, 3.63) is 28.8 Å². The fourth-order valence-electron chi connectivity index (χ4n) is 3.52. The van der Waals surface area contributed by atoms with Gasteiger partial charge in [-0.15, -0.1) is 24.0 Å². The minimum absolute atomic E-state index is 0. The molecule has 0 saturated carbocycles. The van der Waals surface area contributed by atoms with Crippen LogP contribution in [-0.2, 0) is 24.1 Å². The summed E-state index contributed by atoms with van der Waals surface area (Å²) in [6, 6.07) is 3.89.